The zero-order valence-electron chi connectivity index (χ0n) is 10.7. The minimum absolute atomic E-state index is 0.0661. The molecule has 0 aliphatic carbocycles. The SMILES string of the molecule is CCC(C)(CCO)NC(=O)c1cccnc1C. The molecular weight excluding hydrogens is 216 g/mol. The van der Waals surface area contributed by atoms with Crippen molar-refractivity contribution in [3.8, 4) is 0 Å². The molecule has 0 spiro atoms. The standard InChI is InChI=1S/C13H20N2O2/c1-4-13(3,7-9-16)15-12(17)11-6-5-8-14-10(11)2/h5-6,8,16H,4,7,9H2,1-3H3,(H,15,17). The molecular formula is C13H20N2O2. The highest BCUT2D eigenvalue weighted by molar-refractivity contribution is 5.95. The van der Waals surface area contributed by atoms with Gasteiger partial charge in [-0.1, -0.05) is 6.92 Å². The van der Waals surface area contributed by atoms with Crippen LogP contribution in [0.5, 0.6) is 0 Å². The van der Waals surface area contributed by atoms with E-state index in [1.165, 1.54) is 0 Å². The summed E-state index contributed by atoms with van der Waals surface area (Å²) < 4.78 is 0. The molecule has 1 aromatic heterocycles. The maximum atomic E-state index is 12.1. The van der Waals surface area contributed by atoms with E-state index in [1.54, 1.807) is 18.3 Å². The molecule has 0 aromatic carbocycles. The Kier molecular flexibility index (Phi) is 4.63. The predicted octanol–water partition coefficient (Wildman–Crippen LogP) is 1.67. The lowest BCUT2D eigenvalue weighted by Crippen LogP contribution is -2.46. The molecule has 0 saturated heterocycles. The van der Waals surface area contributed by atoms with Crippen LogP contribution < -0.4 is 5.32 Å². The Bertz CT molecular complexity index is 393. The number of rotatable bonds is 5. The van der Waals surface area contributed by atoms with E-state index in [9.17, 15) is 4.79 Å². The minimum Gasteiger partial charge on any atom is -0.396 e. The second-order valence-corrected chi connectivity index (χ2v) is 4.48. The summed E-state index contributed by atoms with van der Waals surface area (Å²) in [4.78, 5) is 16.2. The smallest absolute Gasteiger partial charge is 0.253 e. The quantitative estimate of drug-likeness (QED) is 0.817. The molecule has 1 unspecified atom stereocenters. The molecule has 1 heterocycles. The van der Waals surface area contributed by atoms with Gasteiger partial charge in [-0.2, -0.15) is 0 Å². The van der Waals surface area contributed by atoms with E-state index in [0.29, 0.717) is 17.7 Å². The van der Waals surface area contributed by atoms with Crippen molar-refractivity contribution in [2.24, 2.45) is 0 Å². The van der Waals surface area contributed by atoms with E-state index in [-0.39, 0.29) is 18.1 Å². The van der Waals surface area contributed by atoms with Gasteiger partial charge in [0, 0.05) is 24.0 Å². The number of aryl methyl sites for hydroxylation is 1. The Morgan fingerprint density at radius 2 is 2.29 bits per heavy atom. The van der Waals surface area contributed by atoms with E-state index < -0.39 is 0 Å². The number of amides is 1. The number of carbonyl (C=O) groups is 1. The zero-order valence-corrected chi connectivity index (χ0v) is 10.7. The summed E-state index contributed by atoms with van der Waals surface area (Å²) >= 11 is 0. The lowest BCUT2D eigenvalue weighted by Gasteiger charge is -2.29. The number of nitrogens with zero attached hydrogens (tertiary/aromatic N) is 1. The van der Waals surface area contributed by atoms with Gasteiger partial charge >= 0.3 is 0 Å². The molecule has 0 radical (unpaired) electrons. The van der Waals surface area contributed by atoms with Gasteiger partial charge in [0.25, 0.3) is 5.91 Å². The van der Waals surface area contributed by atoms with E-state index in [0.717, 1.165) is 6.42 Å². The number of aliphatic hydroxyl groups is 1. The van der Waals surface area contributed by atoms with Crippen molar-refractivity contribution in [2.45, 2.75) is 39.2 Å². The molecule has 2 N–H and O–H groups in total. The number of aliphatic hydroxyl groups excluding tert-OH is 1. The molecule has 1 rings (SSSR count). The van der Waals surface area contributed by atoms with Crippen molar-refractivity contribution in [2.75, 3.05) is 6.61 Å². The fourth-order valence-electron chi connectivity index (χ4n) is 1.64. The van der Waals surface area contributed by atoms with Crippen LogP contribution in [-0.4, -0.2) is 28.1 Å². The molecule has 0 bridgehead atoms. The monoisotopic (exact) mass is 236 g/mol. The van der Waals surface area contributed by atoms with Crippen molar-refractivity contribution in [1.29, 1.82) is 0 Å². The number of hydrogen-bond acceptors (Lipinski definition) is 3. The summed E-state index contributed by atoms with van der Waals surface area (Å²) in [6, 6.07) is 3.50. The van der Waals surface area contributed by atoms with Gasteiger partial charge in [0.2, 0.25) is 0 Å². The number of carbonyl (C=O) groups excluding carboxylic acids is 1. The van der Waals surface area contributed by atoms with Crippen molar-refractivity contribution in [3.05, 3.63) is 29.6 Å². The van der Waals surface area contributed by atoms with Gasteiger partial charge in [-0.3, -0.25) is 9.78 Å². The van der Waals surface area contributed by atoms with Crippen LogP contribution in [0.1, 0.15) is 42.7 Å². The molecule has 1 atom stereocenters. The third kappa shape index (κ3) is 3.53. The summed E-state index contributed by atoms with van der Waals surface area (Å²) in [5.74, 6) is -0.131. The maximum absolute atomic E-state index is 12.1. The van der Waals surface area contributed by atoms with Crippen LogP contribution in [0.2, 0.25) is 0 Å². The van der Waals surface area contributed by atoms with Crippen LogP contribution in [-0.2, 0) is 0 Å². The van der Waals surface area contributed by atoms with Crippen molar-refractivity contribution < 1.29 is 9.90 Å². The molecule has 0 aliphatic heterocycles. The normalized spacial score (nSPS) is 14.1. The van der Waals surface area contributed by atoms with Crippen LogP contribution in [0, 0.1) is 6.92 Å². The van der Waals surface area contributed by atoms with E-state index >= 15 is 0 Å². The highest BCUT2D eigenvalue weighted by Gasteiger charge is 2.24. The molecule has 17 heavy (non-hydrogen) atoms. The van der Waals surface area contributed by atoms with E-state index in [4.69, 9.17) is 5.11 Å². The highest BCUT2D eigenvalue weighted by Crippen LogP contribution is 2.15. The number of nitrogens with one attached hydrogen (secondary N) is 1. The van der Waals surface area contributed by atoms with Crippen molar-refractivity contribution in [1.82, 2.24) is 10.3 Å². The van der Waals surface area contributed by atoms with Crippen molar-refractivity contribution in [3.63, 3.8) is 0 Å². The number of pyridine rings is 1. The molecule has 4 heteroatoms. The lowest BCUT2D eigenvalue weighted by molar-refractivity contribution is 0.0885. The molecule has 0 aliphatic rings. The minimum atomic E-state index is -0.367. The van der Waals surface area contributed by atoms with Gasteiger partial charge < -0.3 is 10.4 Å². The average molecular weight is 236 g/mol. The van der Waals surface area contributed by atoms with Gasteiger partial charge in [-0.15, -0.1) is 0 Å². The largest absolute Gasteiger partial charge is 0.396 e. The second-order valence-electron chi connectivity index (χ2n) is 4.48. The van der Waals surface area contributed by atoms with E-state index in [2.05, 4.69) is 10.3 Å². The molecule has 0 fully saturated rings. The maximum Gasteiger partial charge on any atom is 0.253 e. The van der Waals surface area contributed by atoms with Gasteiger partial charge in [0.15, 0.2) is 0 Å². The second kappa shape index (κ2) is 5.77. The van der Waals surface area contributed by atoms with Crippen molar-refractivity contribution >= 4 is 5.91 Å². The topological polar surface area (TPSA) is 62.2 Å². The zero-order chi connectivity index (χ0) is 12.9. The lowest BCUT2D eigenvalue weighted by atomic mass is 9.94. The molecule has 4 nitrogen and oxygen atoms in total. The average Bonchev–Trinajstić information content (AvgIpc) is 2.29. The first kappa shape index (κ1) is 13.6. The van der Waals surface area contributed by atoms with Gasteiger partial charge in [0.05, 0.1) is 5.56 Å². The molecule has 94 valence electrons. The Balaban J connectivity index is 2.82. The van der Waals surface area contributed by atoms with Gasteiger partial charge in [-0.05, 0) is 38.8 Å². The summed E-state index contributed by atoms with van der Waals surface area (Å²) in [5, 5.41) is 12.0. The van der Waals surface area contributed by atoms with Gasteiger partial charge in [-0.25, -0.2) is 0 Å². The van der Waals surface area contributed by atoms with Gasteiger partial charge in [0.1, 0.15) is 0 Å². The highest BCUT2D eigenvalue weighted by atomic mass is 16.3. The van der Waals surface area contributed by atoms with Crippen LogP contribution in [0.3, 0.4) is 0 Å². The first-order valence-corrected chi connectivity index (χ1v) is 5.87. The number of aromatic nitrogens is 1. The van der Waals surface area contributed by atoms with Crippen LogP contribution in [0.4, 0.5) is 0 Å². The third-order valence-corrected chi connectivity index (χ3v) is 3.11. The summed E-state index contributed by atoms with van der Waals surface area (Å²) in [5.41, 5.74) is 0.936. The Morgan fingerprint density at radius 1 is 1.59 bits per heavy atom. The Morgan fingerprint density at radius 3 is 2.82 bits per heavy atom. The summed E-state index contributed by atoms with van der Waals surface area (Å²) in [6.45, 7) is 5.81. The van der Waals surface area contributed by atoms with Crippen LogP contribution in [0.15, 0.2) is 18.3 Å². The number of hydrogen-bond donors (Lipinski definition) is 2. The fraction of sp³-hybridized carbons (Fsp3) is 0.538. The summed E-state index contributed by atoms with van der Waals surface area (Å²) in [7, 11) is 0. The first-order chi connectivity index (χ1) is 8.02. The van der Waals surface area contributed by atoms with Crippen LogP contribution >= 0.6 is 0 Å². The Labute approximate surface area is 102 Å². The first-order valence-electron chi connectivity index (χ1n) is 5.87. The van der Waals surface area contributed by atoms with E-state index in [1.807, 2.05) is 20.8 Å². The van der Waals surface area contributed by atoms with Crippen LogP contribution in [0.25, 0.3) is 0 Å². The Hall–Kier alpha value is -1.42. The summed E-state index contributed by atoms with van der Waals surface area (Å²) in [6.07, 6.45) is 2.99. The molecule has 1 aromatic rings. The fourth-order valence-corrected chi connectivity index (χ4v) is 1.64. The third-order valence-electron chi connectivity index (χ3n) is 3.11. The predicted molar refractivity (Wildman–Crippen MR) is 66.8 cm³/mol. The molecule has 0 saturated carbocycles. The molecule has 1 amide bonds.